The summed E-state index contributed by atoms with van der Waals surface area (Å²) in [6.07, 6.45) is 6.39. The summed E-state index contributed by atoms with van der Waals surface area (Å²) in [5.41, 5.74) is 0.622. The van der Waals surface area contributed by atoms with Gasteiger partial charge in [-0.1, -0.05) is 24.1 Å². The molecule has 0 fully saturated rings. The summed E-state index contributed by atoms with van der Waals surface area (Å²) in [7, 11) is 0. The first-order chi connectivity index (χ1) is 22.9. The van der Waals surface area contributed by atoms with Crippen molar-refractivity contribution >= 4 is 24.2 Å². The first kappa shape index (κ1) is 38.0. The summed E-state index contributed by atoms with van der Waals surface area (Å²) in [5, 5.41) is 0. The van der Waals surface area contributed by atoms with Gasteiger partial charge in [0.25, 0.3) is 0 Å². The number of benzene rings is 3. The number of carbonyl (C=O) groups is 4. The molecule has 0 aliphatic rings. The molecule has 9 nitrogen and oxygen atoms in total. The monoisotopic (exact) mass is 660 g/mol. The maximum absolute atomic E-state index is 12.7. The topological polar surface area (TPSA) is 114 Å². The zero-order valence-corrected chi connectivity index (χ0v) is 28.8. The summed E-state index contributed by atoms with van der Waals surface area (Å²) in [6, 6.07) is 20.0. The molecule has 0 heterocycles. The van der Waals surface area contributed by atoms with E-state index in [9.17, 15) is 19.2 Å². The second-order valence-electron chi connectivity index (χ2n) is 13.0. The van der Waals surface area contributed by atoms with Crippen molar-refractivity contribution in [1.29, 1.82) is 0 Å². The fourth-order valence-electron chi connectivity index (χ4n) is 4.67. The van der Waals surface area contributed by atoms with Gasteiger partial charge in [-0.3, -0.25) is 4.79 Å². The van der Waals surface area contributed by atoms with Crippen LogP contribution < -0.4 is 14.2 Å². The quantitative estimate of drug-likeness (QED) is 0.0511. The molecule has 48 heavy (non-hydrogen) atoms. The van der Waals surface area contributed by atoms with Crippen molar-refractivity contribution in [3.63, 3.8) is 0 Å². The average molecular weight is 661 g/mol. The minimum Gasteiger partial charge on any atom is -0.488 e. The molecule has 0 N–H and O–H groups in total. The van der Waals surface area contributed by atoms with Crippen LogP contribution in [0.25, 0.3) is 0 Å². The van der Waals surface area contributed by atoms with Crippen LogP contribution in [0.3, 0.4) is 0 Å². The van der Waals surface area contributed by atoms with Crippen LogP contribution in [0.5, 0.6) is 17.2 Å². The Bertz CT molecular complexity index is 1460. The van der Waals surface area contributed by atoms with Crippen molar-refractivity contribution in [3.8, 4) is 17.2 Å². The van der Waals surface area contributed by atoms with Crippen LogP contribution >= 0.6 is 0 Å². The lowest BCUT2D eigenvalue weighted by Crippen LogP contribution is -2.34. The number of ether oxygens (including phenoxy) is 5. The van der Waals surface area contributed by atoms with Gasteiger partial charge in [0.15, 0.2) is 0 Å². The Morgan fingerprint density at radius 3 is 1.69 bits per heavy atom. The normalized spacial score (nSPS) is 11.4. The molecular weight excluding hydrogens is 612 g/mol. The van der Waals surface area contributed by atoms with Crippen molar-refractivity contribution < 1.29 is 42.9 Å². The highest BCUT2D eigenvalue weighted by atomic mass is 16.6. The Morgan fingerprint density at radius 2 is 1.12 bits per heavy atom. The van der Waals surface area contributed by atoms with Crippen molar-refractivity contribution in [2.45, 2.75) is 97.2 Å². The van der Waals surface area contributed by atoms with Gasteiger partial charge in [-0.15, -0.1) is 0 Å². The third-order valence-corrected chi connectivity index (χ3v) is 7.52. The summed E-state index contributed by atoms with van der Waals surface area (Å²) in [5.74, 6) is -0.0230. The van der Waals surface area contributed by atoms with E-state index in [0.29, 0.717) is 73.7 Å². The molecular formula is C39H48O9. The number of rotatable bonds is 20. The molecule has 0 saturated heterocycles. The highest BCUT2D eigenvalue weighted by molar-refractivity contribution is 5.92. The summed E-state index contributed by atoms with van der Waals surface area (Å²) < 4.78 is 28.4. The van der Waals surface area contributed by atoms with Gasteiger partial charge in [0, 0.05) is 26.1 Å². The van der Waals surface area contributed by atoms with Crippen molar-refractivity contribution in [1.82, 2.24) is 0 Å². The molecule has 0 spiro atoms. The number of hydrogen-bond donors (Lipinski definition) is 0. The third kappa shape index (κ3) is 14.1. The zero-order valence-electron chi connectivity index (χ0n) is 28.8. The lowest BCUT2D eigenvalue weighted by molar-refractivity contribution is -0.158. The Hall–Kier alpha value is -4.50. The molecule has 9 heteroatoms. The van der Waals surface area contributed by atoms with Crippen LogP contribution in [0, 0.1) is 6.92 Å². The first-order valence-electron chi connectivity index (χ1n) is 16.5. The van der Waals surface area contributed by atoms with E-state index in [2.05, 4.69) is 0 Å². The fraction of sp³-hybridized carbons (Fsp3) is 0.436. The van der Waals surface area contributed by atoms with Crippen LogP contribution in [0.2, 0.25) is 0 Å². The van der Waals surface area contributed by atoms with E-state index in [4.69, 9.17) is 23.7 Å². The molecule has 0 bridgehead atoms. The van der Waals surface area contributed by atoms with Crippen molar-refractivity contribution in [2.24, 2.45) is 0 Å². The zero-order chi connectivity index (χ0) is 35.0. The van der Waals surface area contributed by atoms with E-state index in [0.717, 1.165) is 31.1 Å². The number of unbranched alkanes of at least 4 members (excludes halogenated alkanes) is 3. The van der Waals surface area contributed by atoms with Gasteiger partial charge in [0.2, 0.25) is 0 Å². The van der Waals surface area contributed by atoms with E-state index in [-0.39, 0.29) is 5.97 Å². The van der Waals surface area contributed by atoms with E-state index < -0.39 is 23.1 Å². The van der Waals surface area contributed by atoms with Gasteiger partial charge in [0.05, 0.1) is 11.1 Å². The van der Waals surface area contributed by atoms with Gasteiger partial charge in [-0.2, -0.15) is 0 Å². The maximum Gasteiger partial charge on any atom is 0.343 e. The molecule has 3 aromatic carbocycles. The molecule has 0 unspecified atom stereocenters. The SMILES string of the molecule is Cc1ccc(C(=O)Oc2ccc(OC(=O)c3ccc(OC(C)(C)CCC(C)(C)OC(=O)CCCOCCCCCC=O)cc3)cc2)cc1. The maximum atomic E-state index is 12.7. The van der Waals surface area contributed by atoms with Gasteiger partial charge in [0.1, 0.15) is 34.7 Å². The minimum atomic E-state index is -0.661. The summed E-state index contributed by atoms with van der Waals surface area (Å²) in [6.45, 7) is 10.8. The van der Waals surface area contributed by atoms with Crippen LogP contribution in [-0.2, 0) is 19.1 Å². The Labute approximate surface area is 283 Å². The third-order valence-electron chi connectivity index (χ3n) is 7.52. The molecule has 0 atom stereocenters. The predicted molar refractivity (Wildman–Crippen MR) is 183 cm³/mol. The molecule has 0 amide bonds. The number of hydrogen-bond acceptors (Lipinski definition) is 9. The number of aryl methyl sites for hydroxylation is 1. The van der Waals surface area contributed by atoms with Crippen molar-refractivity contribution in [3.05, 3.63) is 89.5 Å². The second kappa shape index (κ2) is 18.7. The van der Waals surface area contributed by atoms with Gasteiger partial charge < -0.3 is 28.5 Å². The summed E-state index contributed by atoms with van der Waals surface area (Å²) in [4.78, 5) is 47.8. The smallest absolute Gasteiger partial charge is 0.343 e. The van der Waals surface area contributed by atoms with E-state index >= 15 is 0 Å². The second-order valence-corrected chi connectivity index (χ2v) is 13.0. The Kier molecular flexibility index (Phi) is 14.8. The minimum absolute atomic E-state index is 0.256. The molecule has 258 valence electrons. The summed E-state index contributed by atoms with van der Waals surface area (Å²) >= 11 is 0. The van der Waals surface area contributed by atoms with Crippen molar-refractivity contribution in [2.75, 3.05) is 13.2 Å². The molecule has 3 rings (SSSR count). The highest BCUT2D eigenvalue weighted by Crippen LogP contribution is 2.28. The van der Waals surface area contributed by atoms with E-state index in [1.165, 1.54) is 0 Å². The predicted octanol–water partition coefficient (Wildman–Crippen LogP) is 8.25. The fourth-order valence-corrected chi connectivity index (χ4v) is 4.67. The van der Waals surface area contributed by atoms with Gasteiger partial charge in [-0.05, 0) is 127 Å². The molecule has 0 aliphatic carbocycles. The van der Waals surface area contributed by atoms with Gasteiger partial charge in [-0.25, -0.2) is 9.59 Å². The van der Waals surface area contributed by atoms with Crippen LogP contribution in [0.4, 0.5) is 0 Å². The van der Waals surface area contributed by atoms with E-state index in [1.54, 1.807) is 60.7 Å². The largest absolute Gasteiger partial charge is 0.488 e. The number of carbonyl (C=O) groups excluding carboxylic acids is 4. The molecule has 0 radical (unpaired) electrons. The molecule has 0 aliphatic heterocycles. The van der Waals surface area contributed by atoms with Gasteiger partial charge >= 0.3 is 17.9 Å². The molecule has 0 saturated carbocycles. The number of aldehydes is 1. The molecule has 3 aromatic rings. The first-order valence-corrected chi connectivity index (χ1v) is 16.5. The standard InChI is InChI=1S/C39H48O9/c1-29-12-14-30(15-13-29)36(42)45-32-20-22-33(23-21-32)46-37(43)31-16-18-34(19-17-31)47-38(2,3)24-25-39(4,5)48-35(41)11-10-28-44-27-9-7-6-8-26-40/h12-23,26H,6-11,24-25,27-28H2,1-5H3. The average Bonchev–Trinajstić information content (AvgIpc) is 3.04. The number of esters is 3. The highest BCUT2D eigenvalue weighted by Gasteiger charge is 2.28. The van der Waals surface area contributed by atoms with E-state index in [1.807, 2.05) is 46.8 Å². The Balaban J connectivity index is 1.38. The lowest BCUT2D eigenvalue weighted by Gasteiger charge is -2.32. The van der Waals surface area contributed by atoms with Crippen LogP contribution in [0.1, 0.15) is 105 Å². The molecule has 0 aromatic heterocycles. The lowest BCUT2D eigenvalue weighted by atomic mass is 9.93. The van der Waals surface area contributed by atoms with Crippen LogP contribution in [-0.4, -0.2) is 48.6 Å². The van der Waals surface area contributed by atoms with Crippen LogP contribution in [0.15, 0.2) is 72.8 Å². The Morgan fingerprint density at radius 1 is 0.625 bits per heavy atom.